The lowest BCUT2D eigenvalue weighted by molar-refractivity contribution is -0.140. The van der Waals surface area contributed by atoms with E-state index >= 15 is 0 Å². The first-order chi connectivity index (χ1) is 9.15. The van der Waals surface area contributed by atoms with Gasteiger partial charge in [-0.3, -0.25) is 4.79 Å². The van der Waals surface area contributed by atoms with Crippen molar-refractivity contribution in [1.29, 1.82) is 0 Å². The molecule has 1 fully saturated rings. The first-order valence-electron chi connectivity index (χ1n) is 6.18. The van der Waals surface area contributed by atoms with E-state index in [1.165, 1.54) is 0 Å². The van der Waals surface area contributed by atoms with Crippen LogP contribution in [-0.4, -0.2) is 16.2 Å². The Morgan fingerprint density at radius 3 is 1.68 bits per heavy atom. The van der Waals surface area contributed by atoms with Crippen LogP contribution in [0.15, 0.2) is 60.7 Å². The average Bonchev–Trinajstić information content (AvgIpc) is 3.23. The minimum atomic E-state index is -0.686. The van der Waals surface area contributed by atoms with Crippen LogP contribution in [0.4, 0.5) is 0 Å². The number of phenolic OH excluding ortho intramolecular Hbond substituents is 1. The maximum Gasteiger partial charge on any atom is 0.314 e. The number of carboxylic acid groups (broad SMARTS) is 1. The Morgan fingerprint density at radius 2 is 1.37 bits per heavy atom. The topological polar surface area (TPSA) is 57.5 Å². The van der Waals surface area contributed by atoms with E-state index in [0.29, 0.717) is 5.75 Å². The monoisotopic (exact) mass is 256 g/mol. The summed E-state index contributed by atoms with van der Waals surface area (Å²) in [5.74, 6) is -0.365. The van der Waals surface area contributed by atoms with E-state index in [1.54, 1.807) is 24.3 Å². The zero-order chi connectivity index (χ0) is 13.7. The van der Waals surface area contributed by atoms with Crippen LogP contribution in [0.5, 0.6) is 5.75 Å². The van der Waals surface area contributed by atoms with Crippen molar-refractivity contribution < 1.29 is 15.0 Å². The summed E-state index contributed by atoms with van der Waals surface area (Å²) in [5, 5.41) is 17.6. The quantitative estimate of drug-likeness (QED) is 0.867. The van der Waals surface area contributed by atoms with Gasteiger partial charge in [-0.05, 0) is 30.5 Å². The molecular formula is C16H16O3. The van der Waals surface area contributed by atoms with Gasteiger partial charge in [0.2, 0.25) is 0 Å². The van der Waals surface area contributed by atoms with Crippen molar-refractivity contribution in [1.82, 2.24) is 0 Å². The molecule has 0 aromatic heterocycles. The number of carbonyl (C=O) groups is 1. The molecule has 0 saturated heterocycles. The minimum absolute atomic E-state index is 0.322. The van der Waals surface area contributed by atoms with Gasteiger partial charge in [0, 0.05) is 0 Å². The van der Waals surface area contributed by atoms with Gasteiger partial charge in [-0.1, -0.05) is 48.5 Å². The molecule has 0 aliphatic heterocycles. The molecule has 2 aromatic rings. The molecule has 3 heteroatoms. The van der Waals surface area contributed by atoms with Crippen molar-refractivity contribution in [3.8, 4) is 5.75 Å². The maximum absolute atomic E-state index is 10.9. The van der Waals surface area contributed by atoms with Gasteiger partial charge in [-0.15, -0.1) is 0 Å². The van der Waals surface area contributed by atoms with Gasteiger partial charge < -0.3 is 10.2 Å². The number of aliphatic carboxylic acids is 1. The summed E-state index contributed by atoms with van der Waals surface area (Å²) >= 11 is 0. The molecule has 0 unspecified atom stereocenters. The fraction of sp³-hybridized carbons (Fsp3) is 0.188. The van der Waals surface area contributed by atoms with E-state index in [4.69, 9.17) is 10.2 Å². The SMILES string of the molecule is O=C(O)C1(c2ccccc2)CC1.Oc1ccccc1. The smallest absolute Gasteiger partial charge is 0.314 e. The normalized spacial score (nSPS) is 14.9. The largest absolute Gasteiger partial charge is 0.508 e. The van der Waals surface area contributed by atoms with Crippen LogP contribution in [0.1, 0.15) is 18.4 Å². The van der Waals surface area contributed by atoms with Crippen molar-refractivity contribution in [2.24, 2.45) is 0 Å². The van der Waals surface area contributed by atoms with E-state index in [2.05, 4.69) is 0 Å². The third kappa shape index (κ3) is 3.13. The third-order valence-corrected chi connectivity index (χ3v) is 3.24. The van der Waals surface area contributed by atoms with Crippen LogP contribution in [0.25, 0.3) is 0 Å². The molecule has 3 nitrogen and oxygen atoms in total. The minimum Gasteiger partial charge on any atom is -0.508 e. The second-order valence-corrected chi connectivity index (χ2v) is 4.59. The molecule has 1 saturated carbocycles. The molecule has 2 aromatic carbocycles. The summed E-state index contributed by atoms with van der Waals surface area (Å²) in [6, 6.07) is 18.2. The van der Waals surface area contributed by atoms with Crippen LogP contribution >= 0.6 is 0 Å². The number of hydrogen-bond acceptors (Lipinski definition) is 2. The lowest BCUT2D eigenvalue weighted by atomic mass is 9.97. The van der Waals surface area contributed by atoms with E-state index in [-0.39, 0.29) is 0 Å². The number of para-hydroxylation sites is 1. The van der Waals surface area contributed by atoms with Crippen LogP contribution in [0.3, 0.4) is 0 Å². The van der Waals surface area contributed by atoms with Gasteiger partial charge in [-0.25, -0.2) is 0 Å². The number of rotatable bonds is 2. The van der Waals surface area contributed by atoms with Gasteiger partial charge >= 0.3 is 5.97 Å². The van der Waals surface area contributed by atoms with E-state index < -0.39 is 11.4 Å². The molecule has 0 bridgehead atoms. The number of carboxylic acids is 1. The molecule has 0 heterocycles. The summed E-state index contributed by atoms with van der Waals surface area (Å²) < 4.78 is 0. The van der Waals surface area contributed by atoms with Crippen LogP contribution in [0.2, 0.25) is 0 Å². The first kappa shape index (κ1) is 13.1. The summed E-state index contributed by atoms with van der Waals surface area (Å²) in [4.78, 5) is 10.9. The third-order valence-electron chi connectivity index (χ3n) is 3.24. The number of hydrogen-bond donors (Lipinski definition) is 2. The lowest BCUT2D eigenvalue weighted by Gasteiger charge is -2.08. The zero-order valence-electron chi connectivity index (χ0n) is 10.5. The highest BCUT2D eigenvalue weighted by Crippen LogP contribution is 2.48. The Balaban J connectivity index is 0.000000163. The number of phenols is 1. The summed E-state index contributed by atoms with van der Waals surface area (Å²) in [6.45, 7) is 0. The van der Waals surface area contributed by atoms with Gasteiger partial charge in [0.15, 0.2) is 0 Å². The highest BCUT2D eigenvalue weighted by molar-refractivity contribution is 5.84. The fourth-order valence-electron chi connectivity index (χ4n) is 1.94. The molecule has 2 N–H and O–H groups in total. The van der Waals surface area contributed by atoms with E-state index in [1.807, 2.05) is 36.4 Å². The van der Waals surface area contributed by atoms with Crippen molar-refractivity contribution in [3.63, 3.8) is 0 Å². The Kier molecular flexibility index (Phi) is 3.85. The maximum atomic E-state index is 10.9. The molecule has 1 aliphatic rings. The Morgan fingerprint density at radius 1 is 0.895 bits per heavy atom. The van der Waals surface area contributed by atoms with Crippen molar-refractivity contribution in [3.05, 3.63) is 66.2 Å². The lowest BCUT2D eigenvalue weighted by Crippen LogP contribution is -2.19. The number of benzene rings is 2. The number of aromatic hydroxyl groups is 1. The van der Waals surface area contributed by atoms with Gasteiger partial charge in [-0.2, -0.15) is 0 Å². The second-order valence-electron chi connectivity index (χ2n) is 4.59. The van der Waals surface area contributed by atoms with Gasteiger partial charge in [0.05, 0.1) is 5.41 Å². The van der Waals surface area contributed by atoms with E-state index in [9.17, 15) is 4.79 Å². The van der Waals surface area contributed by atoms with E-state index in [0.717, 1.165) is 18.4 Å². The standard InChI is InChI=1S/C10H10O2.C6H6O/c11-9(12)10(6-7-10)8-4-2-1-3-5-8;7-6-4-2-1-3-5-6/h1-5H,6-7H2,(H,11,12);1-5,7H. The molecule has 0 spiro atoms. The molecule has 19 heavy (non-hydrogen) atoms. The Bertz CT molecular complexity index is 530. The molecule has 0 amide bonds. The summed E-state index contributed by atoms with van der Waals surface area (Å²) in [7, 11) is 0. The molecule has 98 valence electrons. The van der Waals surface area contributed by atoms with Crippen molar-refractivity contribution in [2.45, 2.75) is 18.3 Å². The molecule has 3 rings (SSSR count). The van der Waals surface area contributed by atoms with Gasteiger partial charge in [0.25, 0.3) is 0 Å². The average molecular weight is 256 g/mol. The molecule has 0 atom stereocenters. The Hall–Kier alpha value is -2.29. The first-order valence-corrected chi connectivity index (χ1v) is 6.18. The van der Waals surface area contributed by atoms with Crippen molar-refractivity contribution in [2.75, 3.05) is 0 Å². The summed E-state index contributed by atoms with van der Waals surface area (Å²) in [5.41, 5.74) is 0.402. The highest BCUT2D eigenvalue weighted by atomic mass is 16.4. The van der Waals surface area contributed by atoms with Crippen molar-refractivity contribution >= 4 is 5.97 Å². The predicted molar refractivity (Wildman–Crippen MR) is 73.1 cm³/mol. The van der Waals surface area contributed by atoms with Crippen LogP contribution in [-0.2, 0) is 10.2 Å². The molecule has 1 aliphatic carbocycles. The molecular weight excluding hydrogens is 240 g/mol. The zero-order valence-corrected chi connectivity index (χ0v) is 10.5. The second kappa shape index (κ2) is 5.57. The predicted octanol–water partition coefficient (Wildman–Crippen LogP) is 3.20. The Labute approximate surface area is 112 Å². The van der Waals surface area contributed by atoms with Gasteiger partial charge in [0.1, 0.15) is 5.75 Å². The van der Waals surface area contributed by atoms with Crippen LogP contribution in [0, 0.1) is 0 Å². The molecule has 0 radical (unpaired) electrons. The fourth-order valence-corrected chi connectivity index (χ4v) is 1.94. The highest BCUT2D eigenvalue weighted by Gasteiger charge is 2.51. The summed E-state index contributed by atoms with van der Waals surface area (Å²) in [6.07, 6.45) is 1.57. The van der Waals surface area contributed by atoms with Crippen LogP contribution < -0.4 is 0 Å².